The normalized spacial score (nSPS) is 10.4. The lowest BCUT2D eigenvalue weighted by Crippen LogP contribution is -1.86. The van der Waals surface area contributed by atoms with Crippen molar-refractivity contribution >= 4 is 48.8 Å². The quantitative estimate of drug-likeness (QED) is 0.573. The van der Waals surface area contributed by atoms with Gasteiger partial charge in [0.15, 0.2) is 0 Å². The van der Waals surface area contributed by atoms with E-state index in [0.717, 1.165) is 0 Å². The largest absolute Gasteiger partial charge is 0.0618 e. The summed E-state index contributed by atoms with van der Waals surface area (Å²) in [6.07, 6.45) is 1.23. The van der Waals surface area contributed by atoms with Crippen molar-refractivity contribution in [1.82, 2.24) is 0 Å². The molecule has 1 rings (SSSR count). The van der Waals surface area contributed by atoms with Crippen LogP contribution in [-0.2, 0) is 6.42 Å². The van der Waals surface area contributed by atoms with Gasteiger partial charge in [0, 0.05) is 18.3 Å². The summed E-state index contributed by atoms with van der Waals surface area (Å²) < 4.78 is 2.56. The van der Waals surface area contributed by atoms with Crippen molar-refractivity contribution < 1.29 is 0 Å². The maximum Gasteiger partial charge on any atom is 0.0217 e. The van der Waals surface area contributed by atoms with Gasteiger partial charge < -0.3 is 0 Å². The van der Waals surface area contributed by atoms with E-state index in [1.807, 2.05) is 0 Å². The first-order valence-corrected chi connectivity index (χ1v) is 6.96. The van der Waals surface area contributed by atoms with E-state index in [0.29, 0.717) is 0 Å². The van der Waals surface area contributed by atoms with Crippen molar-refractivity contribution in [3.8, 4) is 0 Å². The fourth-order valence-electron chi connectivity index (χ4n) is 0.994. The first-order valence-electron chi connectivity index (χ1n) is 3.68. The first-order chi connectivity index (χ1) is 5.24. The minimum absolute atomic E-state index is 1.23. The van der Waals surface area contributed by atoms with Crippen LogP contribution in [0.5, 0.6) is 0 Å². The zero-order valence-corrected chi connectivity index (χ0v) is 12.1. The predicted molar refractivity (Wildman–Crippen MR) is 65.3 cm³/mol. The Bertz CT molecular complexity index is 250. The zero-order valence-electron chi connectivity index (χ0n) is 6.40. The van der Waals surface area contributed by atoms with Gasteiger partial charge in [-0.1, -0.05) is 28.0 Å². The molecule has 0 saturated carbocycles. The Morgan fingerprint density at radius 1 is 1.45 bits per heavy atom. The van der Waals surface area contributed by atoms with Gasteiger partial charge in [-0.25, -0.2) is 0 Å². The Kier molecular flexibility index (Phi) is 4.09. The van der Waals surface area contributed by atoms with Crippen molar-refractivity contribution in [1.29, 1.82) is 0 Å². The summed E-state index contributed by atoms with van der Waals surface area (Å²) in [7, 11) is 1.30. The highest BCUT2D eigenvalue weighted by Crippen LogP contribution is 2.20. The Balaban J connectivity index is 2.90. The molecule has 60 valence electrons. The summed E-state index contributed by atoms with van der Waals surface area (Å²) in [4.78, 5) is 0. The lowest BCUT2D eigenvalue weighted by molar-refractivity contribution is 1.12. The second-order valence-corrected chi connectivity index (χ2v) is 5.59. The van der Waals surface area contributed by atoms with E-state index in [1.165, 1.54) is 36.3 Å². The molecule has 0 amide bonds. The topological polar surface area (TPSA) is 0 Å². The summed E-state index contributed by atoms with van der Waals surface area (Å²) in [6.45, 7) is 0. The van der Waals surface area contributed by atoms with E-state index in [1.54, 1.807) is 0 Å². The molecule has 0 radical (unpaired) electrons. The van der Waals surface area contributed by atoms with Crippen LogP contribution in [0, 0.1) is 3.57 Å². The molecular formula is C8H10BrISi. The molecule has 1 aromatic rings. The predicted octanol–water partition coefficient (Wildman–Crippen LogP) is 2.38. The van der Waals surface area contributed by atoms with Crippen molar-refractivity contribution in [2.24, 2.45) is 0 Å². The number of hydrogen-bond acceptors (Lipinski definition) is 0. The van der Waals surface area contributed by atoms with Gasteiger partial charge in [0.1, 0.15) is 0 Å². The minimum Gasteiger partial charge on any atom is -0.0618 e. The second kappa shape index (κ2) is 4.62. The Morgan fingerprint density at radius 2 is 2.18 bits per heavy atom. The smallest absolute Gasteiger partial charge is 0.0217 e. The molecule has 0 aliphatic carbocycles. The summed E-state index contributed by atoms with van der Waals surface area (Å²) in [5.74, 6) is 0. The second-order valence-electron chi connectivity index (χ2n) is 2.49. The zero-order chi connectivity index (χ0) is 8.27. The lowest BCUT2D eigenvalue weighted by Gasteiger charge is -2.01. The van der Waals surface area contributed by atoms with Crippen molar-refractivity contribution in [3.63, 3.8) is 0 Å². The Hall–Kier alpha value is 0.647. The third-order valence-electron chi connectivity index (χ3n) is 1.53. The molecule has 0 heterocycles. The first kappa shape index (κ1) is 9.73. The molecule has 0 spiro atoms. The van der Waals surface area contributed by atoms with Crippen LogP contribution in [0.2, 0.25) is 6.04 Å². The highest BCUT2D eigenvalue weighted by atomic mass is 127. The van der Waals surface area contributed by atoms with Gasteiger partial charge in [0.2, 0.25) is 0 Å². The molecule has 0 aliphatic rings. The molecule has 0 nitrogen and oxygen atoms in total. The minimum atomic E-state index is 1.23. The van der Waals surface area contributed by atoms with Gasteiger partial charge in [-0.05, 0) is 46.7 Å². The van der Waals surface area contributed by atoms with E-state index >= 15 is 0 Å². The molecular weight excluding hydrogens is 331 g/mol. The molecule has 0 aromatic heterocycles. The van der Waals surface area contributed by atoms with E-state index in [9.17, 15) is 0 Å². The van der Waals surface area contributed by atoms with E-state index < -0.39 is 0 Å². The summed E-state index contributed by atoms with van der Waals surface area (Å²) in [5, 5.41) is 0. The van der Waals surface area contributed by atoms with Crippen LogP contribution in [0.3, 0.4) is 0 Å². The van der Waals surface area contributed by atoms with E-state index in [2.05, 4.69) is 56.7 Å². The Labute approximate surface area is 92.5 Å². The SMILES string of the molecule is [SiH3]CCc1ccc(I)cc1Br. The molecule has 0 aliphatic heterocycles. The van der Waals surface area contributed by atoms with Crippen LogP contribution >= 0.6 is 38.5 Å². The van der Waals surface area contributed by atoms with Gasteiger partial charge in [-0.15, -0.1) is 0 Å². The van der Waals surface area contributed by atoms with Crippen LogP contribution in [0.1, 0.15) is 5.56 Å². The van der Waals surface area contributed by atoms with Crippen LogP contribution in [0.4, 0.5) is 0 Å². The number of halogens is 2. The van der Waals surface area contributed by atoms with Crippen molar-refractivity contribution in [3.05, 3.63) is 31.8 Å². The van der Waals surface area contributed by atoms with Crippen molar-refractivity contribution in [2.45, 2.75) is 12.5 Å². The highest BCUT2D eigenvalue weighted by Gasteiger charge is 1.97. The fourth-order valence-corrected chi connectivity index (χ4v) is 3.03. The van der Waals surface area contributed by atoms with E-state index in [-0.39, 0.29) is 0 Å². The third kappa shape index (κ3) is 2.87. The number of hydrogen-bond donors (Lipinski definition) is 0. The molecule has 0 bridgehead atoms. The van der Waals surface area contributed by atoms with Crippen LogP contribution < -0.4 is 0 Å². The molecule has 0 N–H and O–H groups in total. The van der Waals surface area contributed by atoms with Crippen LogP contribution in [-0.4, -0.2) is 10.2 Å². The average Bonchev–Trinajstić information content (AvgIpc) is 1.95. The molecule has 0 fully saturated rings. The van der Waals surface area contributed by atoms with Gasteiger partial charge in [-0.3, -0.25) is 0 Å². The maximum atomic E-state index is 3.56. The van der Waals surface area contributed by atoms with Gasteiger partial charge >= 0.3 is 0 Å². The number of benzene rings is 1. The Morgan fingerprint density at radius 3 is 2.73 bits per heavy atom. The maximum absolute atomic E-state index is 3.56. The summed E-state index contributed by atoms with van der Waals surface area (Å²) in [6, 6.07) is 7.90. The summed E-state index contributed by atoms with van der Waals surface area (Å²) in [5.41, 5.74) is 1.44. The monoisotopic (exact) mass is 340 g/mol. The average molecular weight is 341 g/mol. The van der Waals surface area contributed by atoms with Crippen LogP contribution in [0.15, 0.2) is 22.7 Å². The fraction of sp³-hybridized carbons (Fsp3) is 0.250. The summed E-state index contributed by atoms with van der Waals surface area (Å²) >= 11 is 5.89. The van der Waals surface area contributed by atoms with E-state index in [4.69, 9.17) is 0 Å². The van der Waals surface area contributed by atoms with Gasteiger partial charge in [-0.2, -0.15) is 0 Å². The van der Waals surface area contributed by atoms with Crippen molar-refractivity contribution in [2.75, 3.05) is 0 Å². The van der Waals surface area contributed by atoms with Gasteiger partial charge in [0.25, 0.3) is 0 Å². The highest BCUT2D eigenvalue weighted by molar-refractivity contribution is 14.1. The van der Waals surface area contributed by atoms with Crippen LogP contribution in [0.25, 0.3) is 0 Å². The molecule has 0 unspecified atom stereocenters. The lowest BCUT2D eigenvalue weighted by atomic mass is 10.2. The molecule has 3 heteroatoms. The molecule has 0 saturated heterocycles. The molecule has 1 aromatic carbocycles. The number of aryl methyl sites for hydroxylation is 1. The molecule has 11 heavy (non-hydrogen) atoms. The number of rotatable bonds is 2. The standard InChI is InChI=1S/C8H10BrISi/c9-8-5-7(10)2-1-6(8)3-4-11/h1-2,5H,3-4H2,11H3. The molecule has 0 atom stereocenters. The van der Waals surface area contributed by atoms with Gasteiger partial charge in [0.05, 0.1) is 0 Å². The third-order valence-corrected chi connectivity index (χ3v) is 3.44.